The van der Waals surface area contributed by atoms with Gasteiger partial charge >= 0.3 is 0 Å². The Morgan fingerprint density at radius 1 is 1.14 bits per heavy atom. The number of carbonyl (C=O) groups excluding carboxylic acids is 2. The highest BCUT2D eigenvalue weighted by Crippen LogP contribution is 2.42. The molecule has 4 nitrogen and oxygen atoms in total. The van der Waals surface area contributed by atoms with Crippen LogP contribution < -0.4 is 9.64 Å². The highest BCUT2D eigenvalue weighted by Gasteiger charge is 2.42. The number of nitrogens with zero attached hydrogens (tertiary/aromatic N) is 1. The average Bonchev–Trinajstić information content (AvgIpc) is 2.53. The number of ether oxygens (including phenoxy) is 1. The van der Waals surface area contributed by atoms with E-state index in [0.29, 0.717) is 18.9 Å². The highest BCUT2D eigenvalue weighted by atomic mass is 16.5. The van der Waals surface area contributed by atoms with E-state index in [9.17, 15) is 9.59 Å². The van der Waals surface area contributed by atoms with E-state index < -0.39 is 0 Å². The molecule has 2 aliphatic carbocycles. The number of rotatable bonds is 1. The molecule has 1 heterocycles. The van der Waals surface area contributed by atoms with Crippen LogP contribution in [-0.4, -0.2) is 24.8 Å². The molecule has 1 amide bonds. The van der Waals surface area contributed by atoms with Crippen molar-refractivity contribution in [1.82, 2.24) is 0 Å². The van der Waals surface area contributed by atoms with Crippen LogP contribution in [0.4, 0.5) is 5.69 Å². The molecule has 22 heavy (non-hydrogen) atoms. The van der Waals surface area contributed by atoms with Crippen molar-refractivity contribution in [3.63, 3.8) is 0 Å². The molecule has 0 radical (unpaired) electrons. The minimum atomic E-state index is -0.000781. The van der Waals surface area contributed by atoms with Crippen LogP contribution in [0.1, 0.15) is 32.1 Å². The van der Waals surface area contributed by atoms with Gasteiger partial charge in [-0.2, -0.15) is 0 Å². The normalized spacial score (nSPS) is 30.5. The molecule has 3 aliphatic rings. The maximum atomic E-state index is 13.0. The minimum Gasteiger partial charge on any atom is -0.490 e. The summed E-state index contributed by atoms with van der Waals surface area (Å²) in [5, 5.41) is 0. The lowest BCUT2D eigenvalue weighted by Gasteiger charge is -2.39. The van der Waals surface area contributed by atoms with Crippen molar-refractivity contribution in [2.45, 2.75) is 32.1 Å². The molecule has 4 rings (SSSR count). The average molecular weight is 299 g/mol. The molecule has 0 saturated heterocycles. The van der Waals surface area contributed by atoms with E-state index in [1.807, 2.05) is 29.2 Å². The second-order valence-corrected chi connectivity index (χ2v) is 6.70. The Balaban J connectivity index is 1.57. The Bertz CT molecular complexity index is 596. The van der Waals surface area contributed by atoms with Crippen molar-refractivity contribution >= 4 is 17.4 Å². The Hall–Kier alpha value is -1.84. The molecular formula is C18H21NO3. The predicted molar refractivity (Wildman–Crippen MR) is 82.9 cm³/mol. The van der Waals surface area contributed by atoms with Gasteiger partial charge in [0.1, 0.15) is 18.1 Å². The molecule has 2 atom stereocenters. The third-order valence-corrected chi connectivity index (χ3v) is 5.39. The van der Waals surface area contributed by atoms with Gasteiger partial charge in [-0.1, -0.05) is 18.6 Å². The van der Waals surface area contributed by atoms with Crippen LogP contribution in [-0.2, 0) is 9.59 Å². The largest absolute Gasteiger partial charge is 0.490 e. The highest BCUT2D eigenvalue weighted by molar-refractivity contribution is 5.98. The van der Waals surface area contributed by atoms with Gasteiger partial charge in [0.2, 0.25) is 5.91 Å². The second-order valence-electron chi connectivity index (χ2n) is 6.70. The molecule has 0 aromatic heterocycles. The number of hydrogen-bond donors (Lipinski definition) is 0. The van der Waals surface area contributed by atoms with Gasteiger partial charge in [-0.3, -0.25) is 9.59 Å². The van der Waals surface area contributed by atoms with Gasteiger partial charge in [-0.15, -0.1) is 0 Å². The monoisotopic (exact) mass is 299 g/mol. The van der Waals surface area contributed by atoms with E-state index in [1.54, 1.807) is 0 Å². The second kappa shape index (κ2) is 5.41. The first kappa shape index (κ1) is 13.8. The number of benzene rings is 1. The maximum Gasteiger partial charge on any atom is 0.230 e. The third-order valence-electron chi connectivity index (χ3n) is 5.39. The summed E-state index contributed by atoms with van der Waals surface area (Å²) in [4.78, 5) is 27.1. The number of fused-ring (bicyclic) bond motifs is 3. The van der Waals surface area contributed by atoms with Crippen LogP contribution >= 0.6 is 0 Å². The molecular weight excluding hydrogens is 278 g/mol. The number of Topliss-reactive ketones (excluding diaryl/α,β-unsaturated/α-hetero) is 1. The number of anilines is 1. The van der Waals surface area contributed by atoms with Gasteiger partial charge in [0.15, 0.2) is 0 Å². The Kier molecular flexibility index (Phi) is 3.40. The maximum absolute atomic E-state index is 13.0. The predicted octanol–water partition coefficient (Wildman–Crippen LogP) is 2.81. The van der Waals surface area contributed by atoms with Crippen molar-refractivity contribution in [1.29, 1.82) is 0 Å². The molecule has 4 heteroatoms. The summed E-state index contributed by atoms with van der Waals surface area (Å²) in [6, 6.07) is 7.72. The summed E-state index contributed by atoms with van der Waals surface area (Å²) < 4.78 is 5.63. The van der Waals surface area contributed by atoms with E-state index in [0.717, 1.165) is 43.5 Å². The lowest BCUT2D eigenvalue weighted by Crippen LogP contribution is -2.46. The van der Waals surface area contributed by atoms with Crippen molar-refractivity contribution in [3.8, 4) is 5.75 Å². The fraction of sp³-hybridized carbons (Fsp3) is 0.556. The van der Waals surface area contributed by atoms with E-state index in [1.165, 1.54) is 0 Å². The molecule has 0 unspecified atom stereocenters. The zero-order valence-electron chi connectivity index (χ0n) is 12.7. The number of amides is 1. The van der Waals surface area contributed by atoms with Crippen LogP contribution in [0.5, 0.6) is 5.75 Å². The molecule has 2 bridgehead atoms. The van der Waals surface area contributed by atoms with Crippen LogP contribution in [0.25, 0.3) is 0 Å². The first-order valence-electron chi connectivity index (χ1n) is 8.31. The lowest BCUT2D eigenvalue weighted by atomic mass is 9.67. The molecule has 2 saturated carbocycles. The van der Waals surface area contributed by atoms with E-state index in [4.69, 9.17) is 4.74 Å². The zero-order chi connectivity index (χ0) is 15.1. The third kappa shape index (κ3) is 2.21. The quantitative estimate of drug-likeness (QED) is 0.801. The number of hydrogen-bond acceptors (Lipinski definition) is 3. The number of carbonyl (C=O) groups is 2. The van der Waals surface area contributed by atoms with Gasteiger partial charge in [-0.05, 0) is 37.8 Å². The first-order chi connectivity index (χ1) is 10.7. The van der Waals surface area contributed by atoms with Gasteiger partial charge < -0.3 is 9.64 Å². The zero-order valence-corrected chi connectivity index (χ0v) is 12.7. The fourth-order valence-corrected chi connectivity index (χ4v) is 4.30. The lowest BCUT2D eigenvalue weighted by molar-refractivity contribution is -0.136. The van der Waals surface area contributed by atoms with Gasteiger partial charge in [0.05, 0.1) is 12.2 Å². The molecule has 0 N–H and O–H groups in total. The van der Waals surface area contributed by atoms with Crippen LogP contribution in [0.15, 0.2) is 24.3 Å². The summed E-state index contributed by atoms with van der Waals surface area (Å²) in [5.74, 6) is 1.63. The Morgan fingerprint density at radius 3 is 2.64 bits per heavy atom. The Morgan fingerprint density at radius 2 is 1.86 bits per heavy atom. The standard InChI is InChI=1S/C18H21NO3/c20-17-12-4-3-5-13(17)11-14(10-12)18(21)19-8-9-22-16-7-2-1-6-15(16)19/h1-2,6-7,12-14H,3-5,8-11H2/t12-,13-/m0/s1. The van der Waals surface area contributed by atoms with Crippen LogP contribution in [0.3, 0.4) is 0 Å². The van der Waals surface area contributed by atoms with Crippen molar-refractivity contribution in [2.24, 2.45) is 17.8 Å². The molecule has 0 spiro atoms. The van der Waals surface area contributed by atoms with Crippen molar-refractivity contribution in [3.05, 3.63) is 24.3 Å². The number of para-hydroxylation sites is 2. The first-order valence-corrected chi connectivity index (χ1v) is 8.31. The number of ketones is 1. The van der Waals surface area contributed by atoms with E-state index >= 15 is 0 Å². The summed E-state index contributed by atoms with van der Waals surface area (Å²) in [6.07, 6.45) is 4.57. The molecule has 116 valence electrons. The van der Waals surface area contributed by atoms with Crippen LogP contribution in [0, 0.1) is 17.8 Å². The summed E-state index contributed by atoms with van der Waals surface area (Å²) in [7, 11) is 0. The summed E-state index contributed by atoms with van der Waals surface area (Å²) in [6.45, 7) is 1.15. The van der Waals surface area contributed by atoms with Gasteiger partial charge in [-0.25, -0.2) is 0 Å². The molecule has 2 fully saturated rings. The van der Waals surface area contributed by atoms with E-state index in [2.05, 4.69) is 0 Å². The van der Waals surface area contributed by atoms with Crippen molar-refractivity contribution in [2.75, 3.05) is 18.1 Å². The van der Waals surface area contributed by atoms with Gasteiger partial charge in [0.25, 0.3) is 0 Å². The fourth-order valence-electron chi connectivity index (χ4n) is 4.30. The summed E-state index contributed by atoms with van der Waals surface area (Å²) in [5.41, 5.74) is 0.876. The topological polar surface area (TPSA) is 46.6 Å². The SMILES string of the molecule is O=C1[C@H]2CCC[C@H]1CC(C(=O)N1CCOc3ccccc31)C2. The van der Waals surface area contributed by atoms with E-state index in [-0.39, 0.29) is 23.7 Å². The molecule has 1 aromatic carbocycles. The molecule has 1 aliphatic heterocycles. The molecule has 1 aromatic rings. The van der Waals surface area contributed by atoms with Gasteiger partial charge in [0, 0.05) is 17.8 Å². The van der Waals surface area contributed by atoms with Crippen LogP contribution in [0.2, 0.25) is 0 Å². The Labute approximate surface area is 130 Å². The minimum absolute atomic E-state index is 0.000781. The summed E-state index contributed by atoms with van der Waals surface area (Å²) >= 11 is 0. The van der Waals surface area contributed by atoms with Crippen molar-refractivity contribution < 1.29 is 14.3 Å². The smallest absolute Gasteiger partial charge is 0.230 e.